The number of carbonyl (C=O) groups is 1. The molecule has 0 spiro atoms. The number of phenols is 3. The largest absolute Gasteiger partial charge is 0.507 e. The van der Waals surface area contributed by atoms with Crippen molar-refractivity contribution < 1.29 is 20.1 Å². The first-order valence-electron chi connectivity index (χ1n) is 6.86. The number of benzene rings is 2. The smallest absolute Gasteiger partial charge is 0.193 e. The summed E-state index contributed by atoms with van der Waals surface area (Å²) in [5, 5.41) is 29.8. The third kappa shape index (κ3) is 2.81. The van der Waals surface area contributed by atoms with E-state index in [1.165, 1.54) is 19.9 Å². The fourth-order valence-electron chi connectivity index (χ4n) is 2.16. The van der Waals surface area contributed by atoms with Gasteiger partial charge in [0.15, 0.2) is 5.78 Å². The van der Waals surface area contributed by atoms with E-state index in [0.29, 0.717) is 0 Å². The van der Waals surface area contributed by atoms with E-state index in [4.69, 9.17) is 0 Å². The number of allylic oxidation sites excluding steroid dienone is 1. The highest BCUT2D eigenvalue weighted by Crippen LogP contribution is 2.41. The average molecular weight is 298 g/mol. The molecule has 0 radical (unpaired) electrons. The highest BCUT2D eigenvalue weighted by molar-refractivity contribution is 6.11. The van der Waals surface area contributed by atoms with Crippen LogP contribution < -0.4 is 0 Å². The normalized spacial score (nSPS) is 11.0. The summed E-state index contributed by atoms with van der Waals surface area (Å²) in [6.45, 7) is 4.94. The van der Waals surface area contributed by atoms with Gasteiger partial charge in [0.2, 0.25) is 0 Å². The maximum absolute atomic E-state index is 12.3. The van der Waals surface area contributed by atoms with Crippen LogP contribution in [0.15, 0.2) is 30.3 Å². The molecule has 0 bridgehead atoms. The van der Waals surface area contributed by atoms with Gasteiger partial charge in [0.25, 0.3) is 0 Å². The first-order valence-corrected chi connectivity index (χ1v) is 6.86. The Kier molecular flexibility index (Phi) is 4.22. The average Bonchev–Trinajstić information content (AvgIpc) is 2.50. The summed E-state index contributed by atoms with van der Waals surface area (Å²) >= 11 is 0. The van der Waals surface area contributed by atoms with Gasteiger partial charge in [-0.3, -0.25) is 4.79 Å². The molecular formula is C18H18O4. The number of ketones is 1. The lowest BCUT2D eigenvalue weighted by Gasteiger charge is -2.12. The molecule has 0 saturated carbocycles. The summed E-state index contributed by atoms with van der Waals surface area (Å²) in [6.07, 6.45) is 2.90. The van der Waals surface area contributed by atoms with Gasteiger partial charge in [-0.1, -0.05) is 35.9 Å². The van der Waals surface area contributed by atoms with Crippen LogP contribution in [0.1, 0.15) is 32.6 Å². The molecule has 0 amide bonds. The second-order valence-corrected chi connectivity index (χ2v) is 5.28. The molecule has 0 aliphatic heterocycles. The fourth-order valence-corrected chi connectivity index (χ4v) is 2.16. The van der Waals surface area contributed by atoms with Gasteiger partial charge < -0.3 is 15.3 Å². The van der Waals surface area contributed by atoms with Crippen LogP contribution in [0.25, 0.3) is 6.08 Å². The molecule has 4 heteroatoms. The summed E-state index contributed by atoms with van der Waals surface area (Å²) < 4.78 is 0. The molecule has 3 N–H and O–H groups in total. The number of hydrogen-bond donors (Lipinski definition) is 3. The maximum atomic E-state index is 12.3. The lowest BCUT2D eigenvalue weighted by molar-refractivity contribution is 0.104. The first-order chi connectivity index (χ1) is 10.3. The van der Waals surface area contributed by atoms with Crippen LogP contribution in [-0.2, 0) is 0 Å². The maximum Gasteiger partial charge on any atom is 0.193 e. The minimum absolute atomic E-state index is 0.169. The van der Waals surface area contributed by atoms with E-state index in [1.54, 1.807) is 6.08 Å². The molecule has 22 heavy (non-hydrogen) atoms. The second-order valence-electron chi connectivity index (χ2n) is 5.28. The molecule has 4 nitrogen and oxygen atoms in total. The Hall–Kier alpha value is -2.75. The Morgan fingerprint density at radius 2 is 1.36 bits per heavy atom. The van der Waals surface area contributed by atoms with Crippen LogP contribution in [0, 0.1) is 20.8 Å². The van der Waals surface area contributed by atoms with Crippen LogP contribution in [0.4, 0.5) is 0 Å². The van der Waals surface area contributed by atoms with E-state index >= 15 is 0 Å². The molecule has 0 aliphatic carbocycles. The van der Waals surface area contributed by atoms with Crippen LogP contribution in [-0.4, -0.2) is 21.1 Å². The van der Waals surface area contributed by atoms with Gasteiger partial charge in [0.1, 0.15) is 22.8 Å². The van der Waals surface area contributed by atoms with Crippen molar-refractivity contribution in [3.63, 3.8) is 0 Å². The number of aromatic hydroxyl groups is 3. The number of aryl methyl sites for hydroxylation is 1. The Morgan fingerprint density at radius 1 is 0.864 bits per heavy atom. The minimum atomic E-state index is -0.526. The van der Waals surface area contributed by atoms with E-state index < -0.39 is 17.3 Å². The van der Waals surface area contributed by atoms with Crippen molar-refractivity contribution in [2.24, 2.45) is 0 Å². The number of phenolic OH excluding ortho intramolecular Hbond substituents is 3. The third-order valence-electron chi connectivity index (χ3n) is 3.65. The molecule has 0 aromatic heterocycles. The van der Waals surface area contributed by atoms with Crippen molar-refractivity contribution in [2.45, 2.75) is 20.8 Å². The van der Waals surface area contributed by atoms with Crippen molar-refractivity contribution in [3.8, 4) is 17.2 Å². The number of carbonyl (C=O) groups excluding carboxylic acids is 1. The Morgan fingerprint density at radius 3 is 1.86 bits per heavy atom. The van der Waals surface area contributed by atoms with Gasteiger partial charge in [0.05, 0.1) is 0 Å². The van der Waals surface area contributed by atoms with E-state index in [1.807, 2.05) is 31.2 Å². The van der Waals surface area contributed by atoms with E-state index in [0.717, 1.165) is 11.1 Å². The van der Waals surface area contributed by atoms with Crippen LogP contribution in [0.3, 0.4) is 0 Å². The summed E-state index contributed by atoms with van der Waals surface area (Å²) in [7, 11) is 0. The predicted molar refractivity (Wildman–Crippen MR) is 85.5 cm³/mol. The summed E-state index contributed by atoms with van der Waals surface area (Å²) in [5.74, 6) is -1.55. The lowest BCUT2D eigenvalue weighted by Crippen LogP contribution is -1.99. The topological polar surface area (TPSA) is 77.8 Å². The molecule has 2 rings (SSSR count). The summed E-state index contributed by atoms with van der Waals surface area (Å²) in [5.41, 5.74) is 2.09. The summed E-state index contributed by atoms with van der Waals surface area (Å²) in [6, 6.07) is 7.58. The van der Waals surface area contributed by atoms with Crippen LogP contribution >= 0.6 is 0 Å². The van der Waals surface area contributed by atoms with Crippen molar-refractivity contribution in [2.75, 3.05) is 0 Å². The molecule has 0 aliphatic rings. The van der Waals surface area contributed by atoms with E-state index in [-0.39, 0.29) is 22.4 Å². The molecule has 0 atom stereocenters. The zero-order chi connectivity index (χ0) is 16.4. The first kappa shape index (κ1) is 15.6. The molecule has 0 saturated heterocycles. The second kappa shape index (κ2) is 5.93. The molecule has 114 valence electrons. The zero-order valence-electron chi connectivity index (χ0n) is 12.7. The number of hydrogen-bond acceptors (Lipinski definition) is 4. The van der Waals surface area contributed by atoms with Gasteiger partial charge in [-0.05, 0) is 32.4 Å². The monoisotopic (exact) mass is 298 g/mol. The number of rotatable bonds is 3. The fraction of sp³-hybridized carbons (Fsp3) is 0.167. The summed E-state index contributed by atoms with van der Waals surface area (Å²) in [4.78, 5) is 12.3. The SMILES string of the molecule is Cc1ccc(/C=C/C(=O)c2c(O)c(C)c(O)c(C)c2O)cc1. The van der Waals surface area contributed by atoms with Crippen molar-refractivity contribution in [3.05, 3.63) is 58.2 Å². The Bertz CT molecular complexity index is 727. The van der Waals surface area contributed by atoms with Gasteiger partial charge >= 0.3 is 0 Å². The van der Waals surface area contributed by atoms with Gasteiger partial charge in [-0.15, -0.1) is 0 Å². The van der Waals surface area contributed by atoms with Gasteiger partial charge in [0, 0.05) is 11.1 Å². The van der Waals surface area contributed by atoms with E-state index in [2.05, 4.69) is 0 Å². The van der Waals surface area contributed by atoms with Crippen molar-refractivity contribution in [1.29, 1.82) is 0 Å². The molecule has 2 aromatic carbocycles. The highest BCUT2D eigenvalue weighted by atomic mass is 16.3. The molecule has 0 heterocycles. The van der Waals surface area contributed by atoms with Gasteiger partial charge in [-0.2, -0.15) is 0 Å². The molecule has 0 unspecified atom stereocenters. The van der Waals surface area contributed by atoms with Crippen molar-refractivity contribution >= 4 is 11.9 Å². The molecule has 2 aromatic rings. The lowest BCUT2D eigenvalue weighted by atomic mass is 9.98. The van der Waals surface area contributed by atoms with Crippen LogP contribution in [0.2, 0.25) is 0 Å². The minimum Gasteiger partial charge on any atom is -0.507 e. The Balaban J connectivity index is 2.40. The zero-order valence-corrected chi connectivity index (χ0v) is 12.7. The highest BCUT2D eigenvalue weighted by Gasteiger charge is 2.22. The third-order valence-corrected chi connectivity index (χ3v) is 3.65. The quantitative estimate of drug-likeness (QED) is 0.597. The van der Waals surface area contributed by atoms with Crippen LogP contribution in [0.5, 0.6) is 17.2 Å². The molecular weight excluding hydrogens is 280 g/mol. The predicted octanol–water partition coefficient (Wildman–Crippen LogP) is 3.62. The van der Waals surface area contributed by atoms with E-state index in [9.17, 15) is 20.1 Å². The van der Waals surface area contributed by atoms with Gasteiger partial charge in [-0.25, -0.2) is 0 Å². The molecule has 0 fully saturated rings. The standard InChI is InChI=1S/C18H18O4/c1-10-4-6-13(7-5-10)8-9-14(19)15-17(21)11(2)16(20)12(3)18(15)22/h4-9,20-22H,1-3H3/b9-8+. The Labute approximate surface area is 129 Å². The van der Waals surface area contributed by atoms with Crippen molar-refractivity contribution in [1.82, 2.24) is 0 Å².